The third kappa shape index (κ3) is 2.69. The largest absolute Gasteiger partial charge is 0.340 e. The number of nitrogens with two attached hydrogens (primary N) is 1. The molecule has 1 saturated carbocycles. The highest BCUT2D eigenvalue weighted by atomic mass is 16.2. The topological polar surface area (TPSA) is 58.4 Å². The van der Waals surface area contributed by atoms with Crippen molar-refractivity contribution in [1.82, 2.24) is 10.2 Å². The molecule has 2 aliphatic rings. The van der Waals surface area contributed by atoms with Crippen LogP contribution >= 0.6 is 0 Å². The number of rotatable bonds is 1. The Morgan fingerprint density at radius 2 is 2.00 bits per heavy atom. The Morgan fingerprint density at radius 3 is 2.67 bits per heavy atom. The first-order valence-corrected chi connectivity index (χ1v) is 6.02. The van der Waals surface area contributed by atoms with Crippen molar-refractivity contribution < 1.29 is 4.79 Å². The molecule has 2 fully saturated rings. The van der Waals surface area contributed by atoms with Crippen LogP contribution in [0, 0.1) is 5.92 Å². The Labute approximate surface area is 91.2 Å². The lowest BCUT2D eigenvalue weighted by atomic mass is 9.85. The number of nitrogens with one attached hydrogen (secondary N) is 1. The molecule has 2 atom stereocenters. The number of carbonyl (C=O) groups is 1. The monoisotopic (exact) mass is 211 g/mol. The fourth-order valence-corrected chi connectivity index (χ4v) is 2.60. The molecule has 0 aromatic carbocycles. The molecule has 15 heavy (non-hydrogen) atoms. The third-order valence-electron chi connectivity index (χ3n) is 3.49. The summed E-state index contributed by atoms with van der Waals surface area (Å²) >= 11 is 0. The van der Waals surface area contributed by atoms with Crippen molar-refractivity contribution in [2.75, 3.05) is 26.2 Å². The van der Waals surface area contributed by atoms with Crippen LogP contribution in [0.25, 0.3) is 0 Å². The molecule has 1 aliphatic heterocycles. The standard InChI is InChI=1S/C11H21N3O/c12-10-3-1-2-9(8-10)11(15)14-6-4-13-5-7-14/h9-10,13H,1-8,12H2. The molecule has 1 heterocycles. The average molecular weight is 211 g/mol. The highest BCUT2D eigenvalue weighted by molar-refractivity contribution is 5.79. The highest BCUT2D eigenvalue weighted by Gasteiger charge is 2.29. The summed E-state index contributed by atoms with van der Waals surface area (Å²) in [6, 6.07) is 0.246. The lowest BCUT2D eigenvalue weighted by molar-refractivity contribution is -0.137. The van der Waals surface area contributed by atoms with Gasteiger partial charge in [-0.2, -0.15) is 0 Å². The normalized spacial score (nSPS) is 32.7. The minimum absolute atomic E-state index is 0.201. The number of amides is 1. The van der Waals surface area contributed by atoms with Crippen LogP contribution in [0.15, 0.2) is 0 Å². The van der Waals surface area contributed by atoms with E-state index in [4.69, 9.17) is 5.73 Å². The quantitative estimate of drug-likeness (QED) is 0.638. The maximum atomic E-state index is 12.1. The number of carbonyl (C=O) groups excluding carboxylic acids is 1. The van der Waals surface area contributed by atoms with Crippen LogP contribution in [-0.2, 0) is 4.79 Å². The van der Waals surface area contributed by atoms with Crippen molar-refractivity contribution in [3.05, 3.63) is 0 Å². The molecule has 2 rings (SSSR count). The predicted octanol–water partition coefficient (Wildman–Crippen LogP) is -0.0643. The van der Waals surface area contributed by atoms with Gasteiger partial charge >= 0.3 is 0 Å². The first kappa shape index (κ1) is 10.9. The molecule has 86 valence electrons. The van der Waals surface area contributed by atoms with Crippen molar-refractivity contribution >= 4 is 5.91 Å². The minimum atomic E-state index is 0.201. The van der Waals surface area contributed by atoms with Gasteiger partial charge in [0.1, 0.15) is 0 Å². The molecule has 0 aromatic rings. The second-order valence-corrected chi connectivity index (χ2v) is 4.70. The second-order valence-electron chi connectivity index (χ2n) is 4.70. The fraction of sp³-hybridized carbons (Fsp3) is 0.909. The summed E-state index contributed by atoms with van der Waals surface area (Å²) in [7, 11) is 0. The smallest absolute Gasteiger partial charge is 0.225 e. The summed E-state index contributed by atoms with van der Waals surface area (Å²) in [5.74, 6) is 0.540. The van der Waals surface area contributed by atoms with Gasteiger partial charge in [0.2, 0.25) is 5.91 Å². The van der Waals surface area contributed by atoms with E-state index in [1.54, 1.807) is 0 Å². The molecule has 0 aromatic heterocycles. The average Bonchev–Trinajstić information content (AvgIpc) is 2.29. The van der Waals surface area contributed by atoms with Crippen LogP contribution in [0.5, 0.6) is 0 Å². The van der Waals surface area contributed by atoms with Crippen molar-refractivity contribution in [3.63, 3.8) is 0 Å². The SMILES string of the molecule is NC1CCCC(C(=O)N2CCNCC2)C1. The van der Waals surface area contributed by atoms with Gasteiger partial charge in [-0.05, 0) is 19.3 Å². The van der Waals surface area contributed by atoms with E-state index in [1.165, 1.54) is 0 Å². The first-order chi connectivity index (χ1) is 7.27. The summed E-state index contributed by atoms with van der Waals surface area (Å²) in [5.41, 5.74) is 5.91. The molecule has 3 N–H and O–H groups in total. The molecule has 4 heteroatoms. The second kappa shape index (κ2) is 4.94. The van der Waals surface area contributed by atoms with Crippen LogP contribution in [0.3, 0.4) is 0 Å². The maximum absolute atomic E-state index is 12.1. The Hall–Kier alpha value is -0.610. The maximum Gasteiger partial charge on any atom is 0.225 e. The lowest BCUT2D eigenvalue weighted by Gasteiger charge is -2.33. The fourth-order valence-electron chi connectivity index (χ4n) is 2.60. The molecule has 1 amide bonds. The van der Waals surface area contributed by atoms with E-state index < -0.39 is 0 Å². The summed E-state index contributed by atoms with van der Waals surface area (Å²) in [6.07, 6.45) is 4.13. The van der Waals surface area contributed by atoms with Gasteiger partial charge < -0.3 is 16.0 Å². The molecule has 1 saturated heterocycles. The van der Waals surface area contributed by atoms with Crippen molar-refractivity contribution in [2.24, 2.45) is 11.7 Å². The zero-order valence-corrected chi connectivity index (χ0v) is 9.24. The van der Waals surface area contributed by atoms with Crippen molar-refractivity contribution in [1.29, 1.82) is 0 Å². The summed E-state index contributed by atoms with van der Waals surface area (Å²) in [6.45, 7) is 3.60. The van der Waals surface area contributed by atoms with E-state index in [0.29, 0.717) is 5.91 Å². The number of piperazine rings is 1. The minimum Gasteiger partial charge on any atom is -0.340 e. The van der Waals surface area contributed by atoms with Gasteiger partial charge in [-0.3, -0.25) is 4.79 Å². The summed E-state index contributed by atoms with van der Waals surface area (Å²) in [4.78, 5) is 14.1. The van der Waals surface area contributed by atoms with Gasteiger partial charge in [0.25, 0.3) is 0 Å². The number of hydrogen-bond acceptors (Lipinski definition) is 3. The number of nitrogens with zero attached hydrogens (tertiary/aromatic N) is 1. The van der Waals surface area contributed by atoms with Crippen LogP contribution < -0.4 is 11.1 Å². The molecule has 0 spiro atoms. The Bertz CT molecular complexity index is 226. The Morgan fingerprint density at radius 1 is 1.27 bits per heavy atom. The van der Waals surface area contributed by atoms with Gasteiger partial charge in [-0.15, -0.1) is 0 Å². The molecule has 4 nitrogen and oxygen atoms in total. The molecule has 0 bridgehead atoms. The zero-order chi connectivity index (χ0) is 10.7. The van der Waals surface area contributed by atoms with Gasteiger partial charge in [-0.25, -0.2) is 0 Å². The van der Waals surface area contributed by atoms with E-state index in [9.17, 15) is 4.79 Å². The summed E-state index contributed by atoms with van der Waals surface area (Å²) in [5, 5.41) is 3.26. The lowest BCUT2D eigenvalue weighted by Crippen LogP contribution is -2.49. The molecular weight excluding hydrogens is 190 g/mol. The van der Waals surface area contributed by atoms with E-state index in [1.807, 2.05) is 4.90 Å². The van der Waals surface area contributed by atoms with Gasteiger partial charge in [0, 0.05) is 38.1 Å². The third-order valence-corrected chi connectivity index (χ3v) is 3.49. The van der Waals surface area contributed by atoms with Crippen LogP contribution in [0.4, 0.5) is 0 Å². The van der Waals surface area contributed by atoms with Crippen LogP contribution in [0.1, 0.15) is 25.7 Å². The predicted molar refractivity (Wildman–Crippen MR) is 59.4 cm³/mol. The number of hydrogen-bond donors (Lipinski definition) is 2. The Balaban J connectivity index is 1.88. The molecule has 1 aliphatic carbocycles. The first-order valence-electron chi connectivity index (χ1n) is 6.02. The van der Waals surface area contributed by atoms with E-state index in [-0.39, 0.29) is 12.0 Å². The van der Waals surface area contributed by atoms with Gasteiger partial charge in [0.15, 0.2) is 0 Å². The van der Waals surface area contributed by atoms with Crippen LogP contribution in [0.2, 0.25) is 0 Å². The highest BCUT2D eigenvalue weighted by Crippen LogP contribution is 2.24. The molecule has 2 unspecified atom stereocenters. The van der Waals surface area contributed by atoms with Crippen molar-refractivity contribution in [3.8, 4) is 0 Å². The van der Waals surface area contributed by atoms with E-state index in [2.05, 4.69) is 5.32 Å². The molecule has 0 radical (unpaired) electrons. The van der Waals surface area contributed by atoms with Gasteiger partial charge in [0.05, 0.1) is 0 Å². The van der Waals surface area contributed by atoms with Gasteiger partial charge in [-0.1, -0.05) is 6.42 Å². The van der Waals surface area contributed by atoms with E-state index >= 15 is 0 Å². The Kier molecular flexibility index (Phi) is 3.59. The van der Waals surface area contributed by atoms with Crippen molar-refractivity contribution in [2.45, 2.75) is 31.7 Å². The zero-order valence-electron chi connectivity index (χ0n) is 9.24. The van der Waals surface area contributed by atoms with E-state index in [0.717, 1.165) is 51.9 Å². The van der Waals surface area contributed by atoms with Crippen LogP contribution in [-0.4, -0.2) is 43.0 Å². The molecular formula is C11H21N3O. The summed E-state index contributed by atoms with van der Waals surface area (Å²) < 4.78 is 0.